The zero-order valence-electron chi connectivity index (χ0n) is 13.6. The van der Waals surface area contributed by atoms with E-state index in [9.17, 15) is 0 Å². The van der Waals surface area contributed by atoms with Gasteiger partial charge in [-0.15, -0.1) is 24.0 Å². The van der Waals surface area contributed by atoms with E-state index in [2.05, 4.69) is 15.6 Å². The highest BCUT2D eigenvalue weighted by Gasteiger charge is 2.04. The molecule has 0 heterocycles. The first-order chi connectivity index (χ1) is 10.2. The second-order valence-corrected chi connectivity index (χ2v) is 4.53. The molecule has 0 aliphatic carbocycles. The van der Waals surface area contributed by atoms with Gasteiger partial charge in [-0.3, -0.25) is 4.99 Å². The lowest BCUT2D eigenvalue weighted by Crippen LogP contribution is -2.45. The molecule has 0 radical (unpaired) electrons. The van der Waals surface area contributed by atoms with Crippen LogP contribution >= 0.6 is 24.0 Å². The summed E-state index contributed by atoms with van der Waals surface area (Å²) in [6.45, 7) is 3.84. The fourth-order valence-corrected chi connectivity index (χ4v) is 1.75. The van der Waals surface area contributed by atoms with E-state index < -0.39 is 0 Å². The van der Waals surface area contributed by atoms with Crippen LogP contribution in [0.25, 0.3) is 0 Å². The van der Waals surface area contributed by atoms with Gasteiger partial charge in [0, 0.05) is 26.3 Å². The van der Waals surface area contributed by atoms with Crippen LogP contribution in [0.15, 0.2) is 29.3 Å². The van der Waals surface area contributed by atoms with Gasteiger partial charge in [-0.05, 0) is 19.1 Å². The van der Waals surface area contributed by atoms with Gasteiger partial charge >= 0.3 is 0 Å². The van der Waals surface area contributed by atoms with Gasteiger partial charge < -0.3 is 24.8 Å². The fraction of sp³-hybridized carbons (Fsp3) is 0.533. The maximum Gasteiger partial charge on any atom is 0.191 e. The Balaban J connectivity index is 0.00000441. The summed E-state index contributed by atoms with van der Waals surface area (Å²) in [5.41, 5.74) is 0. The highest BCUT2D eigenvalue weighted by Crippen LogP contribution is 2.18. The molecule has 7 heteroatoms. The van der Waals surface area contributed by atoms with Crippen LogP contribution in [0.3, 0.4) is 0 Å². The average Bonchev–Trinajstić information content (AvgIpc) is 2.50. The summed E-state index contributed by atoms with van der Waals surface area (Å²) in [6, 6.07) is 7.73. The van der Waals surface area contributed by atoms with Gasteiger partial charge in [0.15, 0.2) is 5.96 Å². The lowest BCUT2D eigenvalue weighted by atomic mass is 10.3. The van der Waals surface area contributed by atoms with Crippen LogP contribution in [0.2, 0.25) is 0 Å². The molecule has 22 heavy (non-hydrogen) atoms. The molecule has 1 unspecified atom stereocenters. The van der Waals surface area contributed by atoms with Crippen molar-refractivity contribution in [1.29, 1.82) is 0 Å². The Morgan fingerprint density at radius 2 is 2.00 bits per heavy atom. The Morgan fingerprint density at radius 1 is 1.27 bits per heavy atom. The second kappa shape index (κ2) is 12.3. The third-order valence-corrected chi connectivity index (χ3v) is 2.73. The van der Waals surface area contributed by atoms with Crippen LogP contribution in [0.1, 0.15) is 6.92 Å². The van der Waals surface area contributed by atoms with Crippen molar-refractivity contribution in [2.45, 2.75) is 13.0 Å². The summed E-state index contributed by atoms with van der Waals surface area (Å²) in [5, 5.41) is 6.41. The lowest BCUT2D eigenvalue weighted by Gasteiger charge is -2.17. The van der Waals surface area contributed by atoms with E-state index in [4.69, 9.17) is 14.2 Å². The van der Waals surface area contributed by atoms with Crippen molar-refractivity contribution < 1.29 is 14.2 Å². The number of hydrogen-bond donors (Lipinski definition) is 2. The van der Waals surface area contributed by atoms with Gasteiger partial charge in [0.05, 0.1) is 20.3 Å². The Labute approximate surface area is 149 Å². The molecule has 0 aromatic heterocycles. The first-order valence-corrected chi connectivity index (χ1v) is 6.92. The third kappa shape index (κ3) is 8.28. The monoisotopic (exact) mass is 423 g/mol. The molecule has 0 bridgehead atoms. The van der Waals surface area contributed by atoms with Crippen molar-refractivity contribution in [2.75, 3.05) is 41.0 Å². The molecule has 0 saturated carbocycles. The largest absolute Gasteiger partial charge is 0.497 e. The van der Waals surface area contributed by atoms with Crippen molar-refractivity contribution in [3.05, 3.63) is 24.3 Å². The predicted molar refractivity (Wildman–Crippen MR) is 99.7 cm³/mol. The minimum atomic E-state index is 0. The number of guanidine groups is 1. The number of nitrogens with zero attached hydrogens (tertiary/aromatic N) is 1. The Bertz CT molecular complexity index is 444. The molecule has 1 rings (SSSR count). The minimum Gasteiger partial charge on any atom is -0.497 e. The van der Waals surface area contributed by atoms with Gasteiger partial charge in [0.25, 0.3) is 0 Å². The van der Waals surface area contributed by atoms with E-state index >= 15 is 0 Å². The Hall–Kier alpha value is -1.22. The highest BCUT2D eigenvalue weighted by molar-refractivity contribution is 14.0. The number of hydrogen-bond acceptors (Lipinski definition) is 4. The quantitative estimate of drug-likeness (QED) is 0.290. The molecule has 0 aliphatic heterocycles. The summed E-state index contributed by atoms with van der Waals surface area (Å²) < 4.78 is 15.9. The van der Waals surface area contributed by atoms with Crippen LogP contribution in [0.5, 0.6) is 11.5 Å². The molecule has 1 atom stereocenters. The van der Waals surface area contributed by atoms with E-state index in [1.165, 1.54) is 0 Å². The first kappa shape index (κ1) is 20.8. The van der Waals surface area contributed by atoms with E-state index in [-0.39, 0.29) is 30.0 Å². The third-order valence-electron chi connectivity index (χ3n) is 2.73. The number of aliphatic imine (C=N–C) groups is 1. The van der Waals surface area contributed by atoms with Crippen LogP contribution in [-0.2, 0) is 4.74 Å². The molecule has 1 aromatic carbocycles. The molecule has 0 aliphatic rings. The van der Waals surface area contributed by atoms with E-state index in [0.717, 1.165) is 17.5 Å². The Kier molecular flexibility index (Phi) is 11.7. The molecular formula is C15H26IN3O3. The van der Waals surface area contributed by atoms with Crippen molar-refractivity contribution in [2.24, 2.45) is 4.99 Å². The summed E-state index contributed by atoms with van der Waals surface area (Å²) in [6.07, 6.45) is 0. The second-order valence-electron chi connectivity index (χ2n) is 4.53. The molecule has 0 amide bonds. The molecule has 126 valence electrons. The van der Waals surface area contributed by atoms with Crippen LogP contribution in [-0.4, -0.2) is 53.0 Å². The SMILES string of the molecule is CN=C(NCCOc1cccc(OC)c1)NC(C)COC.I. The Morgan fingerprint density at radius 3 is 2.64 bits per heavy atom. The van der Waals surface area contributed by atoms with Crippen LogP contribution < -0.4 is 20.1 Å². The van der Waals surface area contributed by atoms with Crippen molar-refractivity contribution >= 4 is 29.9 Å². The van der Waals surface area contributed by atoms with Gasteiger partial charge in [0.1, 0.15) is 18.1 Å². The lowest BCUT2D eigenvalue weighted by molar-refractivity contribution is 0.179. The van der Waals surface area contributed by atoms with E-state index in [0.29, 0.717) is 19.8 Å². The number of rotatable bonds is 8. The molecule has 0 saturated heterocycles. The first-order valence-electron chi connectivity index (χ1n) is 6.92. The van der Waals surface area contributed by atoms with Crippen molar-refractivity contribution in [3.63, 3.8) is 0 Å². The number of halogens is 1. The smallest absolute Gasteiger partial charge is 0.191 e. The number of nitrogens with one attached hydrogen (secondary N) is 2. The highest BCUT2D eigenvalue weighted by atomic mass is 127. The van der Waals surface area contributed by atoms with Gasteiger partial charge in [-0.1, -0.05) is 6.07 Å². The maximum atomic E-state index is 5.65. The molecule has 0 fully saturated rings. The van der Waals surface area contributed by atoms with Crippen molar-refractivity contribution in [3.8, 4) is 11.5 Å². The predicted octanol–water partition coefficient (Wildman–Crippen LogP) is 1.89. The zero-order chi connectivity index (χ0) is 15.5. The summed E-state index contributed by atoms with van der Waals surface area (Å²) in [4.78, 5) is 4.15. The summed E-state index contributed by atoms with van der Waals surface area (Å²) >= 11 is 0. The minimum absolute atomic E-state index is 0. The van der Waals surface area contributed by atoms with Gasteiger partial charge in [-0.2, -0.15) is 0 Å². The summed E-state index contributed by atoms with van der Waals surface area (Å²) in [7, 11) is 5.05. The standard InChI is InChI=1S/C15H25N3O3.HI/c1-12(11-19-3)18-15(16-2)17-8-9-21-14-7-5-6-13(10-14)20-4;/h5-7,10,12H,8-9,11H2,1-4H3,(H2,16,17,18);1H. The molecule has 6 nitrogen and oxygen atoms in total. The normalized spacial score (nSPS) is 12.1. The molecule has 2 N–H and O–H groups in total. The fourth-order valence-electron chi connectivity index (χ4n) is 1.75. The molecule has 1 aromatic rings. The number of ether oxygens (including phenoxy) is 3. The molecule has 0 spiro atoms. The molecular weight excluding hydrogens is 397 g/mol. The van der Waals surface area contributed by atoms with E-state index in [1.54, 1.807) is 21.3 Å². The number of methoxy groups -OCH3 is 2. The van der Waals surface area contributed by atoms with E-state index in [1.807, 2.05) is 31.2 Å². The van der Waals surface area contributed by atoms with Crippen molar-refractivity contribution in [1.82, 2.24) is 10.6 Å². The number of benzene rings is 1. The average molecular weight is 423 g/mol. The zero-order valence-corrected chi connectivity index (χ0v) is 15.9. The topological polar surface area (TPSA) is 64.1 Å². The summed E-state index contributed by atoms with van der Waals surface area (Å²) in [5.74, 6) is 2.30. The van der Waals surface area contributed by atoms with Gasteiger partial charge in [0.2, 0.25) is 0 Å². The van der Waals surface area contributed by atoms with Crippen LogP contribution in [0, 0.1) is 0 Å². The van der Waals surface area contributed by atoms with Gasteiger partial charge in [-0.25, -0.2) is 0 Å². The van der Waals surface area contributed by atoms with Crippen LogP contribution in [0.4, 0.5) is 0 Å². The maximum absolute atomic E-state index is 5.65.